The highest BCUT2D eigenvalue weighted by Gasteiger charge is 2.29. The van der Waals surface area contributed by atoms with E-state index >= 15 is 0 Å². The zero-order valence-corrected chi connectivity index (χ0v) is 16.6. The average Bonchev–Trinajstić information content (AvgIpc) is 2.73. The van der Waals surface area contributed by atoms with Crippen LogP contribution >= 0.6 is 0 Å². The Morgan fingerprint density at radius 2 is 1.72 bits per heavy atom. The van der Waals surface area contributed by atoms with Gasteiger partial charge in [-0.05, 0) is 48.0 Å². The van der Waals surface area contributed by atoms with E-state index < -0.39 is 18.7 Å². The Kier molecular flexibility index (Phi) is 6.47. The molecule has 0 atom stereocenters. The summed E-state index contributed by atoms with van der Waals surface area (Å²) in [5.74, 6) is -0.967. The molecule has 0 radical (unpaired) electrons. The van der Waals surface area contributed by atoms with Gasteiger partial charge in [-0.1, -0.05) is 12.1 Å². The quantitative estimate of drug-likeness (QED) is 0.261. The molecule has 0 aliphatic heterocycles. The van der Waals surface area contributed by atoms with Gasteiger partial charge in [-0.2, -0.15) is 18.2 Å². The fourth-order valence-electron chi connectivity index (χ4n) is 2.65. The van der Waals surface area contributed by atoms with E-state index in [0.29, 0.717) is 5.69 Å². The van der Waals surface area contributed by atoms with Crippen LogP contribution in [0.15, 0.2) is 65.8 Å². The molecule has 3 rings (SSSR count). The fraction of sp³-hybridized carbons (Fsp3) is 0.0952. The van der Waals surface area contributed by atoms with Gasteiger partial charge in [-0.3, -0.25) is 4.79 Å². The van der Waals surface area contributed by atoms with Crippen molar-refractivity contribution < 1.29 is 22.7 Å². The molecule has 0 fully saturated rings. The number of nitrogen functional groups attached to an aromatic ring is 1. The lowest BCUT2D eigenvalue weighted by Crippen LogP contribution is -2.24. The third kappa shape index (κ3) is 6.11. The van der Waals surface area contributed by atoms with Gasteiger partial charge in [0.15, 0.2) is 18.4 Å². The van der Waals surface area contributed by atoms with Crippen molar-refractivity contribution in [1.82, 2.24) is 4.98 Å². The Morgan fingerprint density at radius 3 is 2.31 bits per heavy atom. The van der Waals surface area contributed by atoms with Gasteiger partial charge in [0, 0.05) is 23.0 Å². The minimum atomic E-state index is -4.57. The number of aliphatic imine (C=N–C) groups is 1. The monoisotopic (exact) mass is 444 g/mol. The minimum absolute atomic E-state index is 0.0249. The first-order valence-electron chi connectivity index (χ1n) is 9.17. The summed E-state index contributed by atoms with van der Waals surface area (Å²) in [6.07, 6.45) is -2.98. The highest BCUT2D eigenvalue weighted by atomic mass is 19.4. The van der Waals surface area contributed by atoms with Crippen molar-refractivity contribution in [2.45, 2.75) is 6.18 Å². The van der Waals surface area contributed by atoms with Crippen LogP contribution < -0.4 is 27.3 Å². The van der Waals surface area contributed by atoms with Gasteiger partial charge in [-0.15, -0.1) is 0 Å². The molecule has 166 valence electrons. The normalized spacial score (nSPS) is 11.8. The maximum Gasteiger partial charge on any atom is 0.422 e. The van der Waals surface area contributed by atoms with Crippen molar-refractivity contribution in [3.8, 4) is 16.9 Å². The molecule has 7 N–H and O–H groups in total. The van der Waals surface area contributed by atoms with Crippen LogP contribution in [0.1, 0.15) is 10.4 Å². The van der Waals surface area contributed by atoms with Crippen molar-refractivity contribution in [3.05, 3.63) is 66.4 Å². The lowest BCUT2D eigenvalue weighted by molar-refractivity contribution is -0.153. The number of anilines is 2. The summed E-state index contributed by atoms with van der Waals surface area (Å²) in [4.78, 5) is 19.6. The summed E-state index contributed by atoms with van der Waals surface area (Å²) in [5, 5.41) is 2.64. The highest BCUT2D eigenvalue weighted by Crippen LogP contribution is 2.28. The number of guanidine groups is 1. The predicted molar refractivity (Wildman–Crippen MR) is 116 cm³/mol. The maximum atomic E-state index is 12.6. The smallest absolute Gasteiger partial charge is 0.422 e. The van der Waals surface area contributed by atoms with Gasteiger partial charge in [-0.25, -0.2) is 4.98 Å². The van der Waals surface area contributed by atoms with Crippen molar-refractivity contribution in [2.75, 3.05) is 17.7 Å². The first kappa shape index (κ1) is 22.4. The number of hydrogen-bond acceptors (Lipinski definition) is 5. The van der Waals surface area contributed by atoms with Crippen LogP contribution in [0, 0.1) is 0 Å². The summed E-state index contributed by atoms with van der Waals surface area (Å²) in [7, 11) is 0. The number of nitrogens with two attached hydrogens (primary N) is 3. The van der Waals surface area contributed by atoms with Crippen molar-refractivity contribution >= 4 is 29.1 Å². The number of hydrogen-bond donors (Lipinski definition) is 4. The summed E-state index contributed by atoms with van der Waals surface area (Å²) < 4.78 is 42.5. The molecule has 1 heterocycles. The molecule has 2 aromatic carbocycles. The van der Waals surface area contributed by atoms with E-state index in [4.69, 9.17) is 21.9 Å². The van der Waals surface area contributed by atoms with E-state index in [1.165, 1.54) is 12.1 Å². The second kappa shape index (κ2) is 9.25. The summed E-state index contributed by atoms with van der Waals surface area (Å²) in [5.41, 5.74) is 19.2. The van der Waals surface area contributed by atoms with Crippen molar-refractivity contribution in [1.29, 1.82) is 0 Å². The van der Waals surface area contributed by atoms with E-state index in [1.807, 2.05) is 12.1 Å². The van der Waals surface area contributed by atoms with Crippen LogP contribution in [0.4, 0.5) is 30.4 Å². The average molecular weight is 444 g/mol. The van der Waals surface area contributed by atoms with Crippen LogP contribution in [-0.2, 0) is 0 Å². The number of ether oxygens (including phenoxy) is 1. The molecule has 0 aliphatic carbocycles. The summed E-state index contributed by atoms with van der Waals surface area (Å²) >= 11 is 0. The lowest BCUT2D eigenvalue weighted by atomic mass is 10.1. The van der Waals surface area contributed by atoms with Gasteiger partial charge in [0.2, 0.25) is 5.91 Å². The number of benzene rings is 2. The third-order valence-electron chi connectivity index (χ3n) is 4.15. The molecule has 0 spiro atoms. The largest absolute Gasteiger partial charge is 0.482 e. The van der Waals surface area contributed by atoms with Crippen LogP contribution in [0.3, 0.4) is 0 Å². The number of halogens is 3. The van der Waals surface area contributed by atoms with E-state index in [0.717, 1.165) is 17.2 Å². The first-order chi connectivity index (χ1) is 15.1. The molecule has 0 unspecified atom stereocenters. The van der Waals surface area contributed by atoms with Crippen molar-refractivity contribution in [3.63, 3.8) is 0 Å². The van der Waals surface area contributed by atoms with Gasteiger partial charge < -0.3 is 27.3 Å². The zero-order chi connectivity index (χ0) is 23.3. The standard InChI is InChI=1S/C21H19F3N6O2/c22-21(23,24)11-32-17-9-13(19(26)31)3-7-16(17)29-20(27)30-18-8-4-14(10-28-18)12-1-5-15(25)6-2-12/h1-10H,11,25H2,(H2,26,31)(H3,27,28,29,30). The minimum Gasteiger partial charge on any atom is -0.482 e. The Hall–Kier alpha value is -4.28. The number of primary amides is 1. The molecule has 0 saturated carbocycles. The number of nitrogens with zero attached hydrogens (tertiary/aromatic N) is 2. The molecule has 0 saturated heterocycles. The molecule has 1 aromatic heterocycles. The van der Waals surface area contributed by atoms with Crippen molar-refractivity contribution in [2.24, 2.45) is 16.5 Å². The molecule has 32 heavy (non-hydrogen) atoms. The number of carbonyl (C=O) groups excluding carboxylic acids is 1. The number of alkyl halides is 3. The van der Waals surface area contributed by atoms with Crippen LogP contribution in [0.25, 0.3) is 11.1 Å². The van der Waals surface area contributed by atoms with Gasteiger partial charge in [0.05, 0.1) is 5.69 Å². The third-order valence-corrected chi connectivity index (χ3v) is 4.15. The Bertz CT molecular complexity index is 1130. The Labute approximate surface area is 180 Å². The number of carbonyl (C=O) groups is 1. The number of nitrogens with one attached hydrogen (secondary N) is 1. The van der Waals surface area contributed by atoms with Gasteiger partial charge in [0.25, 0.3) is 0 Å². The molecule has 8 nitrogen and oxygen atoms in total. The molecular formula is C21H19F3N6O2. The number of aromatic nitrogens is 1. The van der Waals surface area contributed by atoms with E-state index in [2.05, 4.69) is 15.3 Å². The highest BCUT2D eigenvalue weighted by molar-refractivity contribution is 5.97. The molecule has 0 bridgehead atoms. The predicted octanol–water partition coefficient (Wildman–Crippen LogP) is 3.43. The first-order valence-corrected chi connectivity index (χ1v) is 9.17. The molecular weight excluding hydrogens is 425 g/mol. The van der Waals surface area contributed by atoms with Gasteiger partial charge >= 0.3 is 6.18 Å². The Balaban J connectivity index is 1.78. The molecule has 3 aromatic rings. The van der Waals surface area contributed by atoms with Crippen LogP contribution in [0.5, 0.6) is 5.75 Å². The lowest BCUT2D eigenvalue weighted by Gasteiger charge is -2.15. The topological polar surface area (TPSA) is 142 Å². The molecule has 1 amide bonds. The SMILES string of the molecule is NC(=O)c1ccc(NC(N)=Nc2ccc(-c3ccc(N)cc3)cn2)c(OCC(F)(F)F)c1. The number of pyridine rings is 1. The fourth-order valence-corrected chi connectivity index (χ4v) is 2.65. The Morgan fingerprint density at radius 1 is 1.03 bits per heavy atom. The van der Waals surface area contributed by atoms with E-state index in [-0.39, 0.29) is 28.8 Å². The molecule has 11 heteroatoms. The van der Waals surface area contributed by atoms with Gasteiger partial charge in [0.1, 0.15) is 5.75 Å². The number of rotatable bonds is 6. The summed E-state index contributed by atoms with van der Waals surface area (Å²) in [6, 6.07) is 14.4. The summed E-state index contributed by atoms with van der Waals surface area (Å²) in [6.45, 7) is -1.56. The van der Waals surface area contributed by atoms with Crippen LogP contribution in [0.2, 0.25) is 0 Å². The zero-order valence-electron chi connectivity index (χ0n) is 16.6. The van der Waals surface area contributed by atoms with Crippen LogP contribution in [-0.4, -0.2) is 29.6 Å². The molecule has 0 aliphatic rings. The number of amides is 1. The second-order valence-corrected chi connectivity index (χ2v) is 6.63. The van der Waals surface area contributed by atoms with E-state index in [1.54, 1.807) is 30.5 Å². The maximum absolute atomic E-state index is 12.6. The van der Waals surface area contributed by atoms with E-state index in [9.17, 15) is 18.0 Å². The second-order valence-electron chi connectivity index (χ2n) is 6.63.